The Hall–Kier alpha value is -2.68. The van der Waals surface area contributed by atoms with Crippen molar-refractivity contribution in [3.05, 3.63) is 47.5 Å². The molecule has 2 aromatic carbocycles. The number of aliphatic hydroxyl groups is 1. The van der Waals surface area contributed by atoms with Crippen LogP contribution in [0.3, 0.4) is 0 Å². The van der Waals surface area contributed by atoms with Gasteiger partial charge in [0, 0.05) is 29.7 Å². The van der Waals surface area contributed by atoms with Gasteiger partial charge in [-0.2, -0.15) is 0 Å². The fourth-order valence-electron chi connectivity index (χ4n) is 4.65. The molecule has 0 aliphatic carbocycles. The number of aromatic nitrogens is 2. The molecule has 7 nitrogen and oxygen atoms in total. The zero-order valence-electron chi connectivity index (χ0n) is 20.4. The third-order valence-electron chi connectivity index (χ3n) is 6.38. The van der Waals surface area contributed by atoms with Crippen molar-refractivity contribution in [3.63, 3.8) is 0 Å². The van der Waals surface area contributed by atoms with Crippen LogP contribution in [0.15, 0.2) is 36.7 Å². The maximum absolute atomic E-state index is 13.5. The van der Waals surface area contributed by atoms with Crippen molar-refractivity contribution in [1.29, 1.82) is 0 Å². The van der Waals surface area contributed by atoms with Gasteiger partial charge >= 0.3 is 0 Å². The van der Waals surface area contributed by atoms with Gasteiger partial charge in [-0.25, -0.2) is 14.4 Å². The number of hydrogen-bond acceptors (Lipinski definition) is 7. The first-order valence-corrected chi connectivity index (χ1v) is 12.3. The van der Waals surface area contributed by atoms with Crippen molar-refractivity contribution in [3.8, 4) is 11.5 Å². The monoisotopic (exact) mass is 502 g/mol. The lowest BCUT2D eigenvalue weighted by Crippen LogP contribution is -2.52. The smallest absolute Gasteiger partial charge is 0.162 e. The van der Waals surface area contributed by atoms with Crippen LogP contribution in [-0.2, 0) is 0 Å². The van der Waals surface area contributed by atoms with E-state index < -0.39 is 11.4 Å². The summed E-state index contributed by atoms with van der Waals surface area (Å²) >= 11 is 5.92. The normalized spacial score (nSPS) is 16.9. The number of nitrogens with one attached hydrogen (secondary N) is 1. The Balaban J connectivity index is 1.48. The predicted molar refractivity (Wildman–Crippen MR) is 136 cm³/mol. The Morgan fingerprint density at radius 1 is 1.20 bits per heavy atom. The topological polar surface area (TPSA) is 79.7 Å². The molecule has 1 saturated heterocycles. The lowest BCUT2D eigenvalue weighted by molar-refractivity contribution is -0.0375. The number of likely N-dealkylation sites (tertiary alicyclic amines) is 1. The molecule has 1 aliphatic rings. The van der Waals surface area contributed by atoms with Gasteiger partial charge in [0.25, 0.3) is 0 Å². The van der Waals surface area contributed by atoms with Crippen molar-refractivity contribution in [2.75, 3.05) is 32.1 Å². The number of nitrogens with zero attached hydrogens (tertiary/aromatic N) is 3. The van der Waals surface area contributed by atoms with Gasteiger partial charge in [0.2, 0.25) is 0 Å². The second-order valence-electron chi connectivity index (χ2n) is 9.40. The van der Waals surface area contributed by atoms with E-state index in [9.17, 15) is 9.50 Å². The van der Waals surface area contributed by atoms with Crippen LogP contribution in [0.4, 0.5) is 15.9 Å². The van der Waals surface area contributed by atoms with Gasteiger partial charge in [-0.05, 0) is 63.9 Å². The number of hydrogen-bond donors (Lipinski definition) is 2. The Labute approximate surface area is 210 Å². The lowest BCUT2D eigenvalue weighted by atomic mass is 9.89. The van der Waals surface area contributed by atoms with Gasteiger partial charge in [-0.15, -0.1) is 0 Å². The number of anilines is 2. The van der Waals surface area contributed by atoms with Gasteiger partial charge in [0.05, 0.1) is 29.9 Å². The first-order valence-electron chi connectivity index (χ1n) is 11.9. The fourth-order valence-corrected chi connectivity index (χ4v) is 4.84. The summed E-state index contributed by atoms with van der Waals surface area (Å²) in [6, 6.07) is 8.23. The molecule has 1 fully saturated rings. The van der Waals surface area contributed by atoms with E-state index in [2.05, 4.69) is 20.2 Å². The summed E-state index contributed by atoms with van der Waals surface area (Å²) in [5, 5.41) is 14.5. The van der Waals surface area contributed by atoms with Crippen LogP contribution in [-0.4, -0.2) is 58.4 Å². The number of fused-ring (bicyclic) bond motifs is 1. The number of methoxy groups -OCH3 is 1. The van der Waals surface area contributed by atoms with Crippen LogP contribution in [0.2, 0.25) is 5.02 Å². The number of ether oxygens (including phenoxy) is 2. The van der Waals surface area contributed by atoms with Crippen LogP contribution in [0.1, 0.15) is 39.5 Å². The van der Waals surface area contributed by atoms with E-state index in [0.29, 0.717) is 35.1 Å². The molecule has 35 heavy (non-hydrogen) atoms. The van der Waals surface area contributed by atoms with E-state index in [1.165, 1.54) is 18.5 Å². The molecule has 2 N–H and O–H groups in total. The highest BCUT2D eigenvalue weighted by Crippen LogP contribution is 2.35. The van der Waals surface area contributed by atoms with Crippen molar-refractivity contribution >= 4 is 34.0 Å². The number of piperidine rings is 1. The lowest BCUT2D eigenvalue weighted by Gasteiger charge is -2.42. The summed E-state index contributed by atoms with van der Waals surface area (Å²) in [6.07, 6.45) is 5.59. The Kier molecular flexibility index (Phi) is 7.94. The number of rotatable bonds is 9. The van der Waals surface area contributed by atoms with E-state index in [1.54, 1.807) is 13.2 Å². The third-order valence-corrected chi connectivity index (χ3v) is 6.67. The molecule has 3 aromatic rings. The molecule has 0 radical (unpaired) electrons. The van der Waals surface area contributed by atoms with Crippen molar-refractivity contribution in [1.82, 2.24) is 14.9 Å². The SMILES string of the molecule is COc1cc2ncnc(Nc3ccc(F)c(Cl)c3)c2cc1OCCCN1CCCC[C@H]1C(C)(C)O. The van der Waals surface area contributed by atoms with Crippen LogP contribution < -0.4 is 14.8 Å². The molecule has 9 heteroatoms. The van der Waals surface area contributed by atoms with E-state index in [1.807, 2.05) is 26.0 Å². The van der Waals surface area contributed by atoms with Crippen LogP contribution >= 0.6 is 11.6 Å². The summed E-state index contributed by atoms with van der Waals surface area (Å²) in [5.41, 5.74) is 0.569. The van der Waals surface area contributed by atoms with Crippen LogP contribution in [0.5, 0.6) is 11.5 Å². The molecule has 0 bridgehead atoms. The molecule has 1 atom stereocenters. The molecule has 1 aromatic heterocycles. The fraction of sp³-hybridized carbons (Fsp3) is 0.462. The molecule has 4 rings (SSSR count). The van der Waals surface area contributed by atoms with Gasteiger partial charge in [-0.3, -0.25) is 4.90 Å². The molecular weight excluding hydrogens is 471 g/mol. The van der Waals surface area contributed by atoms with Gasteiger partial charge in [-0.1, -0.05) is 18.0 Å². The second kappa shape index (κ2) is 10.9. The Morgan fingerprint density at radius 2 is 2.03 bits per heavy atom. The highest BCUT2D eigenvalue weighted by atomic mass is 35.5. The quantitative estimate of drug-likeness (QED) is 0.370. The molecule has 0 unspecified atom stereocenters. The molecule has 188 valence electrons. The number of halogens is 2. The zero-order chi connectivity index (χ0) is 25.0. The summed E-state index contributed by atoms with van der Waals surface area (Å²) < 4.78 is 25.2. The molecule has 1 aliphatic heterocycles. The average Bonchev–Trinajstić information content (AvgIpc) is 2.83. The summed E-state index contributed by atoms with van der Waals surface area (Å²) in [7, 11) is 1.59. The standard InChI is InChI=1S/C26H32ClFN4O3/c1-26(2,33)24-7-4-5-10-32(24)11-6-12-35-23-14-18-21(15-22(23)34-3)29-16-30-25(18)31-17-8-9-20(28)19(27)13-17/h8-9,13-16,24,33H,4-7,10-12H2,1-3H3,(H,29,30,31)/t24-/m0/s1. The largest absolute Gasteiger partial charge is 0.493 e. The minimum atomic E-state index is -0.721. The van der Waals surface area contributed by atoms with E-state index in [-0.39, 0.29) is 11.1 Å². The minimum Gasteiger partial charge on any atom is -0.493 e. The Morgan fingerprint density at radius 3 is 2.77 bits per heavy atom. The maximum Gasteiger partial charge on any atom is 0.162 e. The van der Waals surface area contributed by atoms with E-state index >= 15 is 0 Å². The first-order chi connectivity index (χ1) is 16.8. The van der Waals surface area contributed by atoms with E-state index in [4.69, 9.17) is 21.1 Å². The minimum absolute atomic E-state index is 0.0274. The molecule has 0 amide bonds. The maximum atomic E-state index is 13.5. The molecule has 0 spiro atoms. The highest BCUT2D eigenvalue weighted by Gasteiger charge is 2.33. The summed E-state index contributed by atoms with van der Waals surface area (Å²) in [6.45, 7) is 6.13. The Bertz CT molecular complexity index is 1170. The predicted octanol–water partition coefficient (Wildman–Crippen LogP) is 5.57. The zero-order valence-corrected chi connectivity index (χ0v) is 21.1. The van der Waals surface area contributed by atoms with E-state index in [0.717, 1.165) is 44.2 Å². The second-order valence-corrected chi connectivity index (χ2v) is 9.81. The summed E-state index contributed by atoms with van der Waals surface area (Å²) in [5.74, 6) is 1.24. The molecular formula is C26H32ClFN4O3. The molecule has 2 heterocycles. The van der Waals surface area contributed by atoms with Gasteiger partial charge in [0.15, 0.2) is 11.5 Å². The van der Waals surface area contributed by atoms with Crippen LogP contribution in [0.25, 0.3) is 10.9 Å². The summed E-state index contributed by atoms with van der Waals surface area (Å²) in [4.78, 5) is 11.1. The first kappa shape index (κ1) is 25.4. The van der Waals surface area contributed by atoms with Crippen LogP contribution in [0, 0.1) is 5.82 Å². The van der Waals surface area contributed by atoms with Crippen molar-refractivity contribution in [2.45, 2.75) is 51.2 Å². The number of benzene rings is 2. The van der Waals surface area contributed by atoms with Gasteiger partial charge < -0.3 is 19.9 Å². The third kappa shape index (κ3) is 6.12. The molecule has 0 saturated carbocycles. The van der Waals surface area contributed by atoms with Crippen molar-refractivity contribution in [2.24, 2.45) is 0 Å². The highest BCUT2D eigenvalue weighted by molar-refractivity contribution is 6.31. The van der Waals surface area contributed by atoms with Gasteiger partial charge in [0.1, 0.15) is 18.0 Å². The van der Waals surface area contributed by atoms with Crippen molar-refractivity contribution < 1.29 is 19.0 Å². The average molecular weight is 503 g/mol.